The summed E-state index contributed by atoms with van der Waals surface area (Å²) >= 11 is 0. The number of amides is 1. The Morgan fingerprint density at radius 3 is 2.12 bits per heavy atom. The zero-order valence-electron chi connectivity index (χ0n) is 18.2. The molecule has 0 saturated carbocycles. The zero-order chi connectivity index (χ0) is 22.9. The molecule has 2 heterocycles. The number of nitrogens with zero attached hydrogens (tertiary/aromatic N) is 2. The van der Waals surface area contributed by atoms with Crippen molar-refractivity contribution in [3.8, 4) is 22.8 Å². The molecule has 6 nitrogen and oxygen atoms in total. The first-order valence-electron chi connectivity index (χ1n) is 10.5. The SMILES string of the molecule is COc1ccc(CN2C(=O)c3[nH]nc(-c4ccc(OC)cc4)c3C2c2ccc(F)cc2)cc1. The fourth-order valence-electron chi connectivity index (χ4n) is 4.25. The number of carbonyl (C=O) groups is 1. The summed E-state index contributed by atoms with van der Waals surface area (Å²) in [5.41, 5.74) is 4.55. The van der Waals surface area contributed by atoms with Gasteiger partial charge in [0.25, 0.3) is 5.91 Å². The first kappa shape index (κ1) is 20.8. The molecular weight excluding hydrogens is 421 g/mol. The number of aromatic nitrogens is 2. The summed E-state index contributed by atoms with van der Waals surface area (Å²) in [6, 6.07) is 21.0. The summed E-state index contributed by atoms with van der Waals surface area (Å²) in [5.74, 6) is 1.01. The molecule has 1 aliphatic rings. The number of ether oxygens (including phenoxy) is 2. The van der Waals surface area contributed by atoms with Gasteiger partial charge in [0.05, 0.1) is 26.0 Å². The second-order valence-corrected chi connectivity index (χ2v) is 7.82. The minimum absolute atomic E-state index is 0.151. The van der Waals surface area contributed by atoms with E-state index in [1.54, 1.807) is 31.3 Å². The normalized spacial score (nSPS) is 14.9. The Bertz CT molecular complexity index is 1280. The molecule has 0 fully saturated rings. The number of hydrogen-bond donors (Lipinski definition) is 1. The summed E-state index contributed by atoms with van der Waals surface area (Å²) < 4.78 is 24.2. The summed E-state index contributed by atoms with van der Waals surface area (Å²) in [6.07, 6.45) is 0. The van der Waals surface area contributed by atoms with E-state index in [1.807, 2.05) is 48.5 Å². The Labute approximate surface area is 190 Å². The van der Waals surface area contributed by atoms with Crippen molar-refractivity contribution >= 4 is 5.91 Å². The summed E-state index contributed by atoms with van der Waals surface area (Å²) in [5, 5.41) is 7.41. The van der Waals surface area contributed by atoms with Crippen molar-refractivity contribution in [3.63, 3.8) is 0 Å². The van der Waals surface area contributed by atoms with Gasteiger partial charge in [-0.25, -0.2) is 4.39 Å². The third-order valence-corrected chi connectivity index (χ3v) is 5.92. The number of H-pyrrole nitrogens is 1. The molecule has 1 aliphatic heterocycles. The van der Waals surface area contributed by atoms with E-state index < -0.39 is 6.04 Å². The van der Waals surface area contributed by atoms with E-state index in [4.69, 9.17) is 9.47 Å². The quantitative estimate of drug-likeness (QED) is 0.457. The highest BCUT2D eigenvalue weighted by Crippen LogP contribution is 2.43. The molecule has 0 aliphatic carbocycles. The van der Waals surface area contributed by atoms with Crippen LogP contribution in [0.2, 0.25) is 0 Å². The van der Waals surface area contributed by atoms with E-state index in [2.05, 4.69) is 10.2 Å². The number of nitrogens with one attached hydrogen (secondary N) is 1. The summed E-state index contributed by atoms with van der Waals surface area (Å²) in [6.45, 7) is 0.384. The van der Waals surface area contributed by atoms with Gasteiger partial charge in [-0.2, -0.15) is 5.10 Å². The fraction of sp³-hybridized carbons (Fsp3) is 0.154. The van der Waals surface area contributed by atoms with Crippen LogP contribution in [0.15, 0.2) is 72.8 Å². The Morgan fingerprint density at radius 2 is 1.52 bits per heavy atom. The molecule has 0 radical (unpaired) electrons. The molecule has 166 valence electrons. The topological polar surface area (TPSA) is 67.5 Å². The lowest BCUT2D eigenvalue weighted by molar-refractivity contribution is 0.0730. The van der Waals surface area contributed by atoms with Crippen molar-refractivity contribution in [1.82, 2.24) is 15.1 Å². The van der Waals surface area contributed by atoms with Crippen molar-refractivity contribution in [2.75, 3.05) is 14.2 Å². The van der Waals surface area contributed by atoms with Crippen molar-refractivity contribution in [3.05, 3.63) is 101 Å². The lowest BCUT2D eigenvalue weighted by Gasteiger charge is -2.26. The molecule has 7 heteroatoms. The van der Waals surface area contributed by atoms with Gasteiger partial charge in [0.1, 0.15) is 23.0 Å². The van der Waals surface area contributed by atoms with Crippen LogP contribution in [0.4, 0.5) is 4.39 Å². The van der Waals surface area contributed by atoms with E-state index >= 15 is 0 Å². The Morgan fingerprint density at radius 1 is 0.909 bits per heavy atom. The molecule has 1 atom stereocenters. The average Bonchev–Trinajstić information content (AvgIpc) is 3.39. The molecule has 1 amide bonds. The van der Waals surface area contributed by atoms with Crippen LogP contribution >= 0.6 is 0 Å². The molecule has 0 bridgehead atoms. The van der Waals surface area contributed by atoms with E-state index in [0.717, 1.165) is 33.8 Å². The van der Waals surface area contributed by atoms with Gasteiger partial charge in [0.15, 0.2) is 0 Å². The van der Waals surface area contributed by atoms with Crippen molar-refractivity contribution in [1.29, 1.82) is 0 Å². The number of fused-ring (bicyclic) bond motifs is 1. The van der Waals surface area contributed by atoms with Crippen LogP contribution in [0.1, 0.15) is 33.2 Å². The van der Waals surface area contributed by atoms with Gasteiger partial charge in [-0.15, -0.1) is 0 Å². The molecular formula is C26H22FN3O3. The molecule has 4 aromatic rings. The maximum Gasteiger partial charge on any atom is 0.273 e. The second-order valence-electron chi connectivity index (χ2n) is 7.82. The van der Waals surface area contributed by atoms with Gasteiger partial charge in [-0.1, -0.05) is 24.3 Å². The standard InChI is InChI=1S/C26H22FN3O3/c1-32-20-11-3-16(4-12-20)15-30-25(18-5-9-19(27)10-6-18)22-23(28-29-24(22)26(30)31)17-7-13-21(33-2)14-8-17/h3-14,25H,15H2,1-2H3,(H,28,29). The van der Waals surface area contributed by atoms with E-state index in [-0.39, 0.29) is 11.7 Å². The number of carbonyl (C=O) groups excluding carboxylic acids is 1. The van der Waals surface area contributed by atoms with Crippen molar-refractivity contribution in [2.24, 2.45) is 0 Å². The molecule has 0 spiro atoms. The van der Waals surface area contributed by atoms with Crippen LogP contribution < -0.4 is 9.47 Å². The van der Waals surface area contributed by atoms with Crippen LogP contribution in [-0.2, 0) is 6.54 Å². The lowest BCUT2D eigenvalue weighted by Crippen LogP contribution is -2.29. The molecule has 1 unspecified atom stereocenters. The molecule has 1 aromatic heterocycles. The van der Waals surface area contributed by atoms with Gasteiger partial charge >= 0.3 is 0 Å². The molecule has 5 rings (SSSR count). The van der Waals surface area contributed by atoms with Gasteiger partial charge in [0, 0.05) is 17.7 Å². The van der Waals surface area contributed by atoms with E-state index in [1.165, 1.54) is 12.1 Å². The predicted molar refractivity (Wildman–Crippen MR) is 122 cm³/mol. The van der Waals surface area contributed by atoms with Gasteiger partial charge in [-0.3, -0.25) is 9.89 Å². The molecule has 3 aromatic carbocycles. The number of methoxy groups -OCH3 is 2. The van der Waals surface area contributed by atoms with Crippen LogP contribution in [0, 0.1) is 5.82 Å². The van der Waals surface area contributed by atoms with Crippen molar-refractivity contribution in [2.45, 2.75) is 12.6 Å². The predicted octanol–water partition coefficient (Wildman–Crippen LogP) is 4.98. The lowest BCUT2D eigenvalue weighted by atomic mass is 9.96. The fourth-order valence-corrected chi connectivity index (χ4v) is 4.25. The second kappa shape index (κ2) is 8.43. The van der Waals surface area contributed by atoms with Gasteiger partial charge in [-0.05, 0) is 59.7 Å². The summed E-state index contributed by atoms with van der Waals surface area (Å²) in [7, 11) is 3.23. The molecule has 0 saturated heterocycles. The summed E-state index contributed by atoms with van der Waals surface area (Å²) in [4.78, 5) is 15.2. The first-order valence-corrected chi connectivity index (χ1v) is 10.5. The average molecular weight is 443 g/mol. The van der Waals surface area contributed by atoms with Crippen LogP contribution in [0.5, 0.6) is 11.5 Å². The smallest absolute Gasteiger partial charge is 0.273 e. The Hall–Kier alpha value is -4.13. The van der Waals surface area contributed by atoms with E-state index in [9.17, 15) is 9.18 Å². The maximum atomic E-state index is 13.7. The monoisotopic (exact) mass is 443 g/mol. The number of benzene rings is 3. The maximum absolute atomic E-state index is 13.7. The van der Waals surface area contributed by atoms with Crippen LogP contribution in [-0.4, -0.2) is 35.2 Å². The Kier molecular flexibility index (Phi) is 5.30. The highest BCUT2D eigenvalue weighted by Gasteiger charge is 2.42. The zero-order valence-corrected chi connectivity index (χ0v) is 18.2. The third-order valence-electron chi connectivity index (χ3n) is 5.92. The Balaban J connectivity index is 1.59. The highest BCUT2D eigenvalue weighted by molar-refractivity contribution is 6.00. The van der Waals surface area contributed by atoms with Crippen LogP contribution in [0.3, 0.4) is 0 Å². The van der Waals surface area contributed by atoms with Crippen molar-refractivity contribution < 1.29 is 18.7 Å². The number of halogens is 1. The largest absolute Gasteiger partial charge is 0.497 e. The van der Waals surface area contributed by atoms with Gasteiger partial charge in [0.2, 0.25) is 0 Å². The minimum Gasteiger partial charge on any atom is -0.497 e. The number of hydrogen-bond acceptors (Lipinski definition) is 4. The minimum atomic E-state index is -0.411. The molecule has 33 heavy (non-hydrogen) atoms. The number of aromatic amines is 1. The van der Waals surface area contributed by atoms with Gasteiger partial charge < -0.3 is 14.4 Å². The highest BCUT2D eigenvalue weighted by atomic mass is 19.1. The third kappa shape index (κ3) is 3.71. The number of rotatable bonds is 6. The van der Waals surface area contributed by atoms with Crippen LogP contribution in [0.25, 0.3) is 11.3 Å². The van der Waals surface area contributed by atoms with E-state index in [0.29, 0.717) is 17.9 Å². The molecule has 1 N–H and O–H groups in total. The first-order chi connectivity index (χ1) is 16.1.